The highest BCUT2D eigenvalue weighted by Gasteiger charge is 2.23. The number of sulfonamides is 1. The van der Waals surface area contributed by atoms with Crippen LogP contribution in [0.5, 0.6) is 11.6 Å². The van der Waals surface area contributed by atoms with Crippen molar-refractivity contribution < 1.29 is 13.2 Å². The van der Waals surface area contributed by atoms with Crippen LogP contribution >= 0.6 is 0 Å². The number of hydrogen-bond donors (Lipinski definition) is 1. The molecule has 0 saturated carbocycles. The van der Waals surface area contributed by atoms with Crippen LogP contribution in [0.3, 0.4) is 0 Å². The van der Waals surface area contributed by atoms with Gasteiger partial charge in [-0.3, -0.25) is 14.0 Å². The lowest BCUT2D eigenvalue weighted by Crippen LogP contribution is -2.14. The highest BCUT2D eigenvalue weighted by Crippen LogP contribution is 2.25. The van der Waals surface area contributed by atoms with Crippen molar-refractivity contribution in [3.8, 4) is 17.4 Å². The van der Waals surface area contributed by atoms with Crippen LogP contribution in [0, 0.1) is 13.8 Å². The predicted molar refractivity (Wildman–Crippen MR) is 109 cm³/mol. The van der Waals surface area contributed by atoms with Crippen molar-refractivity contribution in [1.29, 1.82) is 0 Å². The number of nitrogens with one attached hydrogen (secondary N) is 1. The van der Waals surface area contributed by atoms with Gasteiger partial charge in [0, 0.05) is 31.2 Å². The summed E-state index contributed by atoms with van der Waals surface area (Å²) in [6, 6.07) is 9.96. The van der Waals surface area contributed by atoms with Crippen LogP contribution in [-0.2, 0) is 17.1 Å². The molecule has 154 valence electrons. The van der Waals surface area contributed by atoms with Gasteiger partial charge in [-0.05, 0) is 44.2 Å². The minimum Gasteiger partial charge on any atom is -0.438 e. The van der Waals surface area contributed by atoms with Crippen molar-refractivity contribution in [2.75, 3.05) is 4.72 Å². The molecule has 3 aromatic heterocycles. The van der Waals surface area contributed by atoms with Gasteiger partial charge < -0.3 is 4.74 Å². The zero-order valence-corrected chi connectivity index (χ0v) is 17.3. The first-order chi connectivity index (χ1) is 14.3. The van der Waals surface area contributed by atoms with E-state index >= 15 is 0 Å². The molecule has 3 heterocycles. The number of benzene rings is 1. The van der Waals surface area contributed by atoms with Gasteiger partial charge in [0.2, 0.25) is 5.88 Å². The third-order valence-electron chi connectivity index (χ3n) is 4.44. The third kappa shape index (κ3) is 3.87. The molecule has 1 N–H and O–H groups in total. The van der Waals surface area contributed by atoms with E-state index in [1.165, 1.54) is 0 Å². The van der Waals surface area contributed by atoms with E-state index in [2.05, 4.69) is 25.0 Å². The second-order valence-corrected chi connectivity index (χ2v) is 8.17. The molecule has 1 aromatic carbocycles. The molecule has 0 radical (unpaired) electrons. The smallest absolute Gasteiger partial charge is 0.265 e. The fourth-order valence-corrected chi connectivity index (χ4v) is 4.46. The van der Waals surface area contributed by atoms with Gasteiger partial charge in [0.1, 0.15) is 17.0 Å². The maximum absolute atomic E-state index is 12.7. The normalized spacial score (nSPS) is 11.4. The Kier molecular flexibility index (Phi) is 4.96. The predicted octanol–water partition coefficient (Wildman–Crippen LogP) is 2.61. The van der Waals surface area contributed by atoms with Gasteiger partial charge in [-0.1, -0.05) is 0 Å². The van der Waals surface area contributed by atoms with Crippen molar-refractivity contribution in [1.82, 2.24) is 29.5 Å². The number of rotatable bonds is 6. The number of aromatic nitrogens is 6. The molecule has 10 nitrogen and oxygen atoms in total. The van der Waals surface area contributed by atoms with Gasteiger partial charge in [-0.15, -0.1) is 10.2 Å². The Morgan fingerprint density at radius 2 is 1.80 bits per heavy atom. The van der Waals surface area contributed by atoms with Crippen molar-refractivity contribution in [2.45, 2.75) is 18.7 Å². The lowest BCUT2D eigenvalue weighted by atomic mass is 10.3. The van der Waals surface area contributed by atoms with Gasteiger partial charge in [-0.25, -0.2) is 13.4 Å². The van der Waals surface area contributed by atoms with E-state index in [4.69, 9.17) is 4.74 Å². The number of hydrogen-bond acceptors (Lipinski definition) is 7. The number of imidazole rings is 1. The van der Waals surface area contributed by atoms with Crippen LogP contribution in [0.1, 0.15) is 11.4 Å². The standard InChI is InChI=1S/C19H19N7O3S/c1-13-19(14(2)25(3)23-13)30(27,28)24-15-4-6-16(7-5-15)29-18-9-8-17(21-22-18)26-11-10-20-12-26/h4-12,24H,1-3H3. The molecule has 0 aliphatic carbocycles. The quantitative estimate of drug-likeness (QED) is 0.505. The first-order valence-electron chi connectivity index (χ1n) is 8.96. The Morgan fingerprint density at radius 1 is 1.03 bits per heavy atom. The first kappa shape index (κ1) is 19.6. The molecule has 0 spiro atoms. The van der Waals surface area contributed by atoms with Crippen molar-refractivity contribution >= 4 is 15.7 Å². The summed E-state index contributed by atoms with van der Waals surface area (Å²) in [7, 11) is -2.05. The van der Waals surface area contributed by atoms with Crippen LogP contribution in [-0.4, -0.2) is 37.9 Å². The topological polar surface area (TPSA) is 117 Å². The molecule has 11 heteroatoms. The van der Waals surface area contributed by atoms with Crippen LogP contribution in [0.25, 0.3) is 5.82 Å². The minimum atomic E-state index is -3.76. The number of anilines is 1. The Morgan fingerprint density at radius 3 is 2.37 bits per heavy atom. The molecule has 30 heavy (non-hydrogen) atoms. The molecule has 0 amide bonds. The third-order valence-corrected chi connectivity index (χ3v) is 6.07. The first-order valence-corrected chi connectivity index (χ1v) is 10.4. The molecule has 0 fully saturated rings. The Bertz CT molecular complexity index is 1260. The molecular formula is C19H19N7O3S. The average molecular weight is 425 g/mol. The van der Waals surface area contributed by atoms with E-state index in [0.717, 1.165) is 0 Å². The highest BCUT2D eigenvalue weighted by molar-refractivity contribution is 7.92. The van der Waals surface area contributed by atoms with E-state index in [1.807, 2.05) is 0 Å². The maximum Gasteiger partial charge on any atom is 0.265 e. The van der Waals surface area contributed by atoms with E-state index in [9.17, 15) is 8.42 Å². The largest absolute Gasteiger partial charge is 0.438 e. The summed E-state index contributed by atoms with van der Waals surface area (Å²) in [5, 5.41) is 12.3. The van der Waals surface area contributed by atoms with Gasteiger partial charge >= 0.3 is 0 Å². The van der Waals surface area contributed by atoms with Crippen LogP contribution in [0.4, 0.5) is 5.69 Å². The molecule has 0 aliphatic heterocycles. The fraction of sp³-hybridized carbons (Fsp3) is 0.158. The Labute approximate surface area is 173 Å². The second kappa shape index (κ2) is 7.59. The summed E-state index contributed by atoms with van der Waals surface area (Å²) in [4.78, 5) is 4.14. The molecule has 0 unspecified atom stereocenters. The monoisotopic (exact) mass is 425 g/mol. The molecule has 0 atom stereocenters. The molecule has 0 aliphatic rings. The zero-order chi connectivity index (χ0) is 21.3. The average Bonchev–Trinajstić information content (AvgIpc) is 3.32. The van der Waals surface area contributed by atoms with Crippen molar-refractivity contribution in [3.05, 3.63) is 66.5 Å². The van der Waals surface area contributed by atoms with Gasteiger partial charge in [-0.2, -0.15) is 5.10 Å². The Hall–Kier alpha value is -3.73. The van der Waals surface area contributed by atoms with E-state index < -0.39 is 10.0 Å². The van der Waals surface area contributed by atoms with Gasteiger partial charge in [0.15, 0.2) is 5.82 Å². The number of ether oxygens (including phenoxy) is 1. The summed E-state index contributed by atoms with van der Waals surface area (Å²) in [6.45, 7) is 3.38. The Balaban J connectivity index is 1.46. The van der Waals surface area contributed by atoms with Crippen molar-refractivity contribution in [2.24, 2.45) is 7.05 Å². The van der Waals surface area contributed by atoms with E-state index in [0.29, 0.717) is 34.5 Å². The fourth-order valence-electron chi connectivity index (χ4n) is 2.96. The molecule has 0 bridgehead atoms. The summed E-state index contributed by atoms with van der Waals surface area (Å²) in [6.07, 6.45) is 5.04. The molecule has 4 rings (SSSR count). The zero-order valence-electron chi connectivity index (χ0n) is 16.5. The summed E-state index contributed by atoms with van der Waals surface area (Å²) in [5.41, 5.74) is 1.42. The summed E-state index contributed by atoms with van der Waals surface area (Å²) in [5.74, 6) is 1.43. The number of aryl methyl sites for hydroxylation is 2. The van der Waals surface area contributed by atoms with Gasteiger partial charge in [0.25, 0.3) is 10.0 Å². The van der Waals surface area contributed by atoms with Crippen LogP contribution < -0.4 is 9.46 Å². The van der Waals surface area contributed by atoms with Crippen LogP contribution in [0.2, 0.25) is 0 Å². The molecular weight excluding hydrogens is 406 g/mol. The lowest BCUT2D eigenvalue weighted by Gasteiger charge is -2.10. The molecule has 0 saturated heterocycles. The maximum atomic E-state index is 12.7. The summed E-state index contributed by atoms with van der Waals surface area (Å²) >= 11 is 0. The van der Waals surface area contributed by atoms with E-state index in [-0.39, 0.29) is 4.90 Å². The van der Waals surface area contributed by atoms with E-state index in [1.54, 1.807) is 85.3 Å². The second-order valence-electron chi connectivity index (χ2n) is 6.56. The van der Waals surface area contributed by atoms with Crippen LogP contribution in [0.15, 0.2) is 60.0 Å². The minimum absolute atomic E-state index is 0.179. The lowest BCUT2D eigenvalue weighted by molar-refractivity contribution is 0.454. The van der Waals surface area contributed by atoms with Gasteiger partial charge in [0.05, 0.1) is 11.4 Å². The highest BCUT2D eigenvalue weighted by atomic mass is 32.2. The summed E-state index contributed by atoms with van der Waals surface area (Å²) < 4.78 is 37.0. The van der Waals surface area contributed by atoms with Crippen molar-refractivity contribution in [3.63, 3.8) is 0 Å². The number of nitrogens with zero attached hydrogens (tertiary/aromatic N) is 6. The molecule has 4 aromatic rings. The SMILES string of the molecule is Cc1nn(C)c(C)c1S(=O)(=O)Nc1ccc(Oc2ccc(-n3ccnc3)nn2)cc1.